The van der Waals surface area contributed by atoms with E-state index in [1.807, 2.05) is 60.7 Å². The average Bonchev–Trinajstić information content (AvgIpc) is 2.92. The Balaban J connectivity index is 1.63. The van der Waals surface area contributed by atoms with Crippen LogP contribution in [0.3, 0.4) is 0 Å². The number of carbonyl (C=O) groups is 1. The number of aliphatic hydroxyl groups excluding tert-OH is 2. The normalized spacial score (nSPS) is 29.5. The number of hydrogen-bond donors (Lipinski definition) is 3. The Bertz CT molecular complexity index is 1010. The molecule has 1 saturated heterocycles. The van der Waals surface area contributed by atoms with Crippen LogP contribution in [-0.4, -0.2) is 71.4 Å². The summed E-state index contributed by atoms with van der Waals surface area (Å²) in [6.45, 7) is 6.22. The van der Waals surface area contributed by atoms with E-state index in [2.05, 4.69) is 5.32 Å². The van der Waals surface area contributed by atoms with Crippen LogP contribution < -0.4 is 5.32 Å². The standard InChI is InChI=1S/C30H41NO8/c1-30(2,3)39-29(34)31-23-26(38-22-16-10-11-17-35-22)24(32)25(33)28(37-19-21-14-8-5-9-15-21)27(23)36-18-20-12-6-4-7-13-20/h4-9,12-15,22-28,32-33H,10-11,16-19H2,1-3H3,(H,31,34)/t22?,23-,24-,25+,26+,27-,28-/m0/s1. The fourth-order valence-electron chi connectivity index (χ4n) is 4.88. The van der Waals surface area contributed by atoms with Crippen molar-refractivity contribution in [1.82, 2.24) is 5.32 Å². The van der Waals surface area contributed by atoms with Crippen molar-refractivity contribution in [2.24, 2.45) is 0 Å². The zero-order valence-electron chi connectivity index (χ0n) is 22.9. The Morgan fingerprint density at radius 3 is 1.97 bits per heavy atom. The van der Waals surface area contributed by atoms with E-state index in [1.165, 1.54) is 0 Å². The molecule has 1 aliphatic carbocycles. The van der Waals surface area contributed by atoms with Crippen LogP contribution in [-0.2, 0) is 36.9 Å². The summed E-state index contributed by atoms with van der Waals surface area (Å²) < 4.78 is 30.1. The lowest BCUT2D eigenvalue weighted by molar-refractivity contribution is -0.271. The van der Waals surface area contributed by atoms with Crippen LogP contribution >= 0.6 is 0 Å². The van der Waals surface area contributed by atoms with Gasteiger partial charge >= 0.3 is 6.09 Å². The number of nitrogens with one attached hydrogen (secondary N) is 1. The topological polar surface area (TPSA) is 116 Å². The molecule has 2 fully saturated rings. The summed E-state index contributed by atoms with van der Waals surface area (Å²) in [6, 6.07) is 18.2. The highest BCUT2D eigenvalue weighted by Gasteiger charge is 2.53. The van der Waals surface area contributed by atoms with E-state index in [0.29, 0.717) is 13.0 Å². The fourth-order valence-corrected chi connectivity index (χ4v) is 4.88. The summed E-state index contributed by atoms with van der Waals surface area (Å²) in [6.07, 6.45) is -4.41. The molecule has 1 unspecified atom stereocenters. The lowest BCUT2D eigenvalue weighted by Crippen LogP contribution is -2.70. The van der Waals surface area contributed by atoms with E-state index in [9.17, 15) is 15.0 Å². The van der Waals surface area contributed by atoms with Gasteiger partial charge in [0.1, 0.15) is 36.1 Å². The van der Waals surface area contributed by atoms with Crippen molar-refractivity contribution in [3.05, 3.63) is 71.8 Å². The van der Waals surface area contributed by atoms with Crippen LogP contribution in [0.1, 0.15) is 51.2 Å². The molecule has 214 valence electrons. The molecule has 1 amide bonds. The summed E-state index contributed by atoms with van der Waals surface area (Å²) in [5.41, 5.74) is 1.05. The molecule has 3 N–H and O–H groups in total. The van der Waals surface area contributed by atoms with Gasteiger partial charge < -0.3 is 39.2 Å². The van der Waals surface area contributed by atoms with Crippen molar-refractivity contribution in [2.75, 3.05) is 6.61 Å². The van der Waals surface area contributed by atoms with E-state index in [4.69, 9.17) is 23.7 Å². The fraction of sp³-hybridized carbons (Fsp3) is 0.567. The quantitative estimate of drug-likeness (QED) is 0.439. The minimum atomic E-state index is -1.38. The van der Waals surface area contributed by atoms with Crippen LogP contribution in [0.2, 0.25) is 0 Å². The third-order valence-electron chi connectivity index (χ3n) is 6.76. The van der Waals surface area contributed by atoms with Gasteiger partial charge in [-0.1, -0.05) is 60.7 Å². The summed E-state index contributed by atoms with van der Waals surface area (Å²) in [5, 5.41) is 25.5. The number of alkyl carbamates (subject to hydrolysis) is 1. The lowest BCUT2D eigenvalue weighted by Gasteiger charge is -2.48. The molecule has 1 saturated carbocycles. The number of aliphatic hydroxyl groups is 2. The van der Waals surface area contributed by atoms with E-state index < -0.39 is 54.5 Å². The Kier molecular flexibility index (Phi) is 10.3. The van der Waals surface area contributed by atoms with Crippen molar-refractivity contribution in [2.45, 2.75) is 102 Å². The molecule has 1 aliphatic heterocycles. The smallest absolute Gasteiger partial charge is 0.408 e. The summed E-state index contributed by atoms with van der Waals surface area (Å²) in [7, 11) is 0. The van der Waals surface area contributed by atoms with E-state index >= 15 is 0 Å². The predicted molar refractivity (Wildman–Crippen MR) is 144 cm³/mol. The number of benzene rings is 2. The Labute approximate surface area is 230 Å². The molecular formula is C30H41NO8. The van der Waals surface area contributed by atoms with E-state index in [1.54, 1.807) is 20.8 Å². The number of hydrogen-bond acceptors (Lipinski definition) is 8. The maximum absolute atomic E-state index is 13.0. The van der Waals surface area contributed by atoms with Crippen molar-refractivity contribution >= 4 is 6.09 Å². The second kappa shape index (κ2) is 13.7. The number of carbonyl (C=O) groups excluding carboxylic acids is 1. The maximum atomic E-state index is 13.0. The number of rotatable bonds is 9. The van der Waals surface area contributed by atoms with Crippen LogP contribution in [0.5, 0.6) is 0 Å². The molecule has 9 heteroatoms. The number of ether oxygens (including phenoxy) is 5. The van der Waals surface area contributed by atoms with Gasteiger partial charge in [0, 0.05) is 6.61 Å². The SMILES string of the molecule is CC(C)(C)OC(=O)N[C@H]1[C@@H](OC2CCCCO2)[C@@H](O)[C@@H](O)[C@H](OCc2ccccc2)[C@H]1OCc1ccccc1. The molecule has 2 aromatic rings. The van der Waals surface area contributed by atoms with Gasteiger partial charge in [0.2, 0.25) is 0 Å². The highest BCUT2D eigenvalue weighted by molar-refractivity contribution is 5.68. The van der Waals surface area contributed by atoms with Gasteiger partial charge in [-0.15, -0.1) is 0 Å². The molecular weight excluding hydrogens is 502 g/mol. The Hall–Kier alpha value is -2.53. The lowest BCUT2D eigenvalue weighted by atomic mass is 9.82. The van der Waals surface area contributed by atoms with Crippen molar-refractivity contribution in [3.63, 3.8) is 0 Å². The first-order chi connectivity index (χ1) is 18.7. The van der Waals surface area contributed by atoms with Gasteiger partial charge in [-0.3, -0.25) is 0 Å². The third-order valence-corrected chi connectivity index (χ3v) is 6.76. The van der Waals surface area contributed by atoms with E-state index in [0.717, 1.165) is 24.0 Å². The molecule has 0 radical (unpaired) electrons. The van der Waals surface area contributed by atoms with Gasteiger partial charge in [-0.2, -0.15) is 0 Å². The number of amides is 1. The highest BCUT2D eigenvalue weighted by atomic mass is 16.7. The van der Waals surface area contributed by atoms with Crippen LogP contribution in [0.15, 0.2) is 60.7 Å². The zero-order chi connectivity index (χ0) is 27.8. The summed E-state index contributed by atoms with van der Waals surface area (Å²) in [4.78, 5) is 13.0. The van der Waals surface area contributed by atoms with Crippen LogP contribution in [0.4, 0.5) is 4.79 Å². The second-order valence-corrected chi connectivity index (χ2v) is 11.1. The summed E-state index contributed by atoms with van der Waals surface area (Å²) >= 11 is 0. The largest absolute Gasteiger partial charge is 0.444 e. The first-order valence-electron chi connectivity index (χ1n) is 13.6. The van der Waals surface area contributed by atoms with Gasteiger partial charge in [-0.25, -0.2) is 4.79 Å². The molecule has 39 heavy (non-hydrogen) atoms. The van der Waals surface area contributed by atoms with Gasteiger partial charge in [0.05, 0.1) is 19.3 Å². The maximum Gasteiger partial charge on any atom is 0.408 e. The zero-order valence-corrected chi connectivity index (χ0v) is 22.9. The monoisotopic (exact) mass is 543 g/mol. The van der Waals surface area contributed by atoms with Crippen molar-refractivity contribution in [3.8, 4) is 0 Å². The van der Waals surface area contributed by atoms with E-state index in [-0.39, 0.29) is 13.2 Å². The van der Waals surface area contributed by atoms with Gasteiger partial charge in [-0.05, 0) is 51.2 Å². The molecule has 0 spiro atoms. The molecule has 1 heterocycles. The predicted octanol–water partition coefficient (Wildman–Crippen LogP) is 3.70. The van der Waals surface area contributed by atoms with Crippen LogP contribution in [0.25, 0.3) is 0 Å². The van der Waals surface area contributed by atoms with Crippen molar-refractivity contribution < 1.29 is 38.7 Å². The summed E-state index contributed by atoms with van der Waals surface area (Å²) in [5.74, 6) is 0. The Morgan fingerprint density at radius 2 is 1.44 bits per heavy atom. The molecule has 0 bridgehead atoms. The highest BCUT2D eigenvalue weighted by Crippen LogP contribution is 2.32. The van der Waals surface area contributed by atoms with Gasteiger partial charge in [0.25, 0.3) is 0 Å². The first kappa shape index (κ1) is 29.5. The second-order valence-electron chi connectivity index (χ2n) is 11.1. The molecule has 7 atom stereocenters. The minimum absolute atomic E-state index is 0.177. The Morgan fingerprint density at radius 1 is 0.872 bits per heavy atom. The minimum Gasteiger partial charge on any atom is -0.444 e. The first-order valence-corrected chi connectivity index (χ1v) is 13.6. The molecule has 2 aliphatic rings. The third kappa shape index (κ3) is 8.48. The molecule has 4 rings (SSSR count). The van der Waals surface area contributed by atoms with Crippen molar-refractivity contribution in [1.29, 1.82) is 0 Å². The molecule has 0 aromatic heterocycles. The van der Waals surface area contributed by atoms with Crippen LogP contribution in [0, 0.1) is 0 Å². The molecule has 9 nitrogen and oxygen atoms in total. The molecule has 2 aromatic carbocycles. The average molecular weight is 544 g/mol. The van der Waals surface area contributed by atoms with Gasteiger partial charge in [0.15, 0.2) is 6.29 Å².